The lowest BCUT2D eigenvalue weighted by Crippen LogP contribution is -2.24. The van der Waals surface area contributed by atoms with Gasteiger partial charge in [0.1, 0.15) is 0 Å². The van der Waals surface area contributed by atoms with Crippen LogP contribution in [0.25, 0.3) is 0 Å². The molecule has 0 aliphatic carbocycles. The Balaban J connectivity index is 2.00. The molecule has 76 valence electrons. The van der Waals surface area contributed by atoms with Gasteiger partial charge in [-0.1, -0.05) is 24.6 Å². The fourth-order valence-corrected chi connectivity index (χ4v) is 2.98. The molecular weight excluding hydrogens is 190 g/mol. The van der Waals surface area contributed by atoms with Crippen LogP contribution in [0, 0.1) is 6.92 Å². The molecule has 2 rings (SSSR count). The average molecular weight is 207 g/mol. The minimum absolute atomic E-state index is 0.655. The molecular formula is C12H17NS. The molecule has 0 bridgehead atoms. The molecule has 1 N–H and O–H groups in total. The van der Waals surface area contributed by atoms with E-state index < -0.39 is 0 Å². The fourth-order valence-electron chi connectivity index (χ4n) is 1.79. The van der Waals surface area contributed by atoms with E-state index in [1.807, 2.05) is 0 Å². The summed E-state index contributed by atoms with van der Waals surface area (Å²) in [5, 5.41) is 4.34. The Morgan fingerprint density at radius 2 is 2.00 bits per heavy atom. The van der Waals surface area contributed by atoms with Crippen molar-refractivity contribution in [3.8, 4) is 0 Å². The highest BCUT2D eigenvalue weighted by Gasteiger charge is 2.23. The molecule has 1 heterocycles. The second-order valence-electron chi connectivity index (χ2n) is 3.98. The SMILES string of the molecule is Cc1ccc(NC2CCSC2C)cc1. The van der Waals surface area contributed by atoms with Crippen molar-refractivity contribution >= 4 is 17.4 Å². The fraction of sp³-hybridized carbons (Fsp3) is 0.500. The molecule has 1 nitrogen and oxygen atoms in total. The van der Waals surface area contributed by atoms with Crippen molar-refractivity contribution < 1.29 is 0 Å². The predicted octanol–water partition coefficient (Wildman–Crippen LogP) is 3.30. The molecule has 2 atom stereocenters. The van der Waals surface area contributed by atoms with Crippen LogP contribution in [-0.2, 0) is 0 Å². The lowest BCUT2D eigenvalue weighted by atomic mass is 10.1. The van der Waals surface area contributed by atoms with Gasteiger partial charge in [-0.15, -0.1) is 0 Å². The molecule has 1 aromatic carbocycles. The Bertz CT molecular complexity index is 294. The molecule has 0 radical (unpaired) electrons. The van der Waals surface area contributed by atoms with Gasteiger partial charge in [-0.2, -0.15) is 11.8 Å². The van der Waals surface area contributed by atoms with E-state index in [0.29, 0.717) is 6.04 Å². The molecule has 1 aliphatic rings. The minimum atomic E-state index is 0.655. The second kappa shape index (κ2) is 4.26. The molecule has 0 amide bonds. The normalized spacial score (nSPS) is 26.4. The van der Waals surface area contributed by atoms with Gasteiger partial charge in [0, 0.05) is 17.0 Å². The van der Waals surface area contributed by atoms with Crippen molar-refractivity contribution in [3.63, 3.8) is 0 Å². The number of rotatable bonds is 2. The van der Waals surface area contributed by atoms with Crippen LogP contribution in [-0.4, -0.2) is 17.0 Å². The van der Waals surface area contributed by atoms with Crippen molar-refractivity contribution in [1.29, 1.82) is 0 Å². The summed E-state index contributed by atoms with van der Waals surface area (Å²) in [6.45, 7) is 4.43. The largest absolute Gasteiger partial charge is 0.381 e. The Labute approximate surface area is 90.3 Å². The smallest absolute Gasteiger partial charge is 0.0385 e. The monoisotopic (exact) mass is 207 g/mol. The zero-order chi connectivity index (χ0) is 9.97. The third-order valence-electron chi connectivity index (χ3n) is 2.78. The van der Waals surface area contributed by atoms with Gasteiger partial charge in [0.2, 0.25) is 0 Å². The Kier molecular flexibility index (Phi) is 3.02. The van der Waals surface area contributed by atoms with Gasteiger partial charge in [-0.3, -0.25) is 0 Å². The highest BCUT2D eigenvalue weighted by atomic mass is 32.2. The zero-order valence-electron chi connectivity index (χ0n) is 8.79. The second-order valence-corrected chi connectivity index (χ2v) is 5.47. The van der Waals surface area contributed by atoms with E-state index in [1.165, 1.54) is 23.4 Å². The van der Waals surface area contributed by atoms with Gasteiger partial charge >= 0.3 is 0 Å². The lowest BCUT2D eigenvalue weighted by molar-refractivity contribution is 0.724. The van der Waals surface area contributed by atoms with Crippen molar-refractivity contribution in [2.45, 2.75) is 31.6 Å². The minimum Gasteiger partial charge on any atom is -0.381 e. The van der Waals surface area contributed by atoms with Gasteiger partial charge in [0.05, 0.1) is 0 Å². The molecule has 1 fully saturated rings. The third kappa shape index (κ3) is 2.24. The molecule has 14 heavy (non-hydrogen) atoms. The molecule has 0 saturated carbocycles. The van der Waals surface area contributed by atoms with Crippen LogP contribution >= 0.6 is 11.8 Å². The lowest BCUT2D eigenvalue weighted by Gasteiger charge is -2.17. The summed E-state index contributed by atoms with van der Waals surface area (Å²) in [7, 11) is 0. The molecule has 2 heteroatoms. The summed E-state index contributed by atoms with van der Waals surface area (Å²) >= 11 is 2.07. The maximum absolute atomic E-state index is 3.60. The van der Waals surface area contributed by atoms with Crippen molar-refractivity contribution in [1.82, 2.24) is 0 Å². The van der Waals surface area contributed by atoms with Crippen LogP contribution in [0.15, 0.2) is 24.3 Å². The highest BCUT2D eigenvalue weighted by Crippen LogP contribution is 2.28. The highest BCUT2D eigenvalue weighted by molar-refractivity contribution is 8.00. The number of thioether (sulfide) groups is 1. The van der Waals surface area contributed by atoms with E-state index in [9.17, 15) is 0 Å². The van der Waals surface area contributed by atoms with Crippen LogP contribution in [0.3, 0.4) is 0 Å². The summed E-state index contributed by atoms with van der Waals surface area (Å²) in [6.07, 6.45) is 1.29. The van der Waals surface area contributed by atoms with E-state index in [1.54, 1.807) is 0 Å². The van der Waals surface area contributed by atoms with Crippen LogP contribution in [0.4, 0.5) is 5.69 Å². The van der Waals surface area contributed by atoms with Gasteiger partial charge in [0.25, 0.3) is 0 Å². The maximum Gasteiger partial charge on any atom is 0.0385 e. The van der Waals surface area contributed by atoms with E-state index in [-0.39, 0.29) is 0 Å². The molecule has 2 unspecified atom stereocenters. The summed E-state index contributed by atoms with van der Waals surface area (Å²) in [6, 6.07) is 9.32. The topological polar surface area (TPSA) is 12.0 Å². The van der Waals surface area contributed by atoms with E-state index in [2.05, 4.69) is 55.2 Å². The first-order valence-electron chi connectivity index (χ1n) is 5.20. The number of anilines is 1. The first kappa shape index (κ1) is 9.91. The standard InChI is InChI=1S/C12H17NS/c1-9-3-5-11(6-4-9)13-12-7-8-14-10(12)2/h3-6,10,12-13H,7-8H2,1-2H3. The van der Waals surface area contributed by atoms with Crippen LogP contribution in [0.5, 0.6) is 0 Å². The van der Waals surface area contributed by atoms with Gasteiger partial charge < -0.3 is 5.32 Å². The Morgan fingerprint density at radius 1 is 1.29 bits per heavy atom. The molecule has 1 saturated heterocycles. The van der Waals surface area contributed by atoms with Crippen LogP contribution in [0.1, 0.15) is 18.9 Å². The zero-order valence-corrected chi connectivity index (χ0v) is 9.60. The van der Waals surface area contributed by atoms with Crippen molar-refractivity contribution in [3.05, 3.63) is 29.8 Å². The van der Waals surface area contributed by atoms with Crippen LogP contribution in [0.2, 0.25) is 0 Å². The Morgan fingerprint density at radius 3 is 2.57 bits per heavy atom. The van der Waals surface area contributed by atoms with Crippen molar-refractivity contribution in [2.75, 3.05) is 11.1 Å². The van der Waals surface area contributed by atoms with E-state index >= 15 is 0 Å². The number of hydrogen-bond donors (Lipinski definition) is 1. The van der Waals surface area contributed by atoms with E-state index in [4.69, 9.17) is 0 Å². The number of benzene rings is 1. The Hall–Kier alpha value is -0.630. The molecule has 1 aliphatic heterocycles. The molecule has 1 aromatic rings. The first-order chi connectivity index (χ1) is 6.75. The number of aryl methyl sites for hydroxylation is 1. The van der Waals surface area contributed by atoms with Gasteiger partial charge in [0.15, 0.2) is 0 Å². The van der Waals surface area contributed by atoms with E-state index in [0.717, 1.165) is 5.25 Å². The summed E-state index contributed by atoms with van der Waals surface area (Å²) in [5.41, 5.74) is 2.58. The number of nitrogens with one attached hydrogen (secondary N) is 1. The van der Waals surface area contributed by atoms with Gasteiger partial charge in [-0.25, -0.2) is 0 Å². The van der Waals surface area contributed by atoms with Gasteiger partial charge in [-0.05, 0) is 31.2 Å². The quantitative estimate of drug-likeness (QED) is 0.798. The molecule has 0 aromatic heterocycles. The number of hydrogen-bond acceptors (Lipinski definition) is 2. The van der Waals surface area contributed by atoms with Crippen LogP contribution < -0.4 is 5.32 Å². The summed E-state index contributed by atoms with van der Waals surface area (Å²) in [5.74, 6) is 1.30. The predicted molar refractivity (Wildman–Crippen MR) is 65.1 cm³/mol. The average Bonchev–Trinajstić information content (AvgIpc) is 2.56. The summed E-state index contributed by atoms with van der Waals surface area (Å²) in [4.78, 5) is 0. The first-order valence-corrected chi connectivity index (χ1v) is 6.25. The molecule has 0 spiro atoms. The third-order valence-corrected chi connectivity index (χ3v) is 4.11. The maximum atomic E-state index is 3.60. The summed E-state index contributed by atoms with van der Waals surface area (Å²) < 4.78 is 0. The van der Waals surface area contributed by atoms with Crippen molar-refractivity contribution in [2.24, 2.45) is 0 Å².